The molecule has 100 valence electrons. The lowest BCUT2D eigenvalue weighted by molar-refractivity contribution is 0.178. The average Bonchev–Trinajstić information content (AvgIpc) is 2.42. The lowest BCUT2D eigenvalue weighted by Crippen LogP contribution is -2.03. The molecule has 0 spiro atoms. The Bertz CT molecular complexity index is 572. The van der Waals surface area contributed by atoms with Crippen molar-refractivity contribution in [3.05, 3.63) is 64.4 Å². The van der Waals surface area contributed by atoms with Crippen LogP contribution in [0.3, 0.4) is 0 Å². The molecule has 2 rings (SSSR count). The van der Waals surface area contributed by atoms with Crippen LogP contribution in [0.15, 0.2) is 42.5 Å². The average molecular weight is 281 g/mol. The van der Waals surface area contributed by atoms with Gasteiger partial charge >= 0.3 is 0 Å². The molecule has 0 heterocycles. The minimum atomic E-state index is -0.852. The predicted molar refractivity (Wildman–Crippen MR) is 73.1 cm³/mol. The minimum Gasteiger partial charge on any atom is -0.497 e. The highest BCUT2D eigenvalue weighted by atomic mass is 35.5. The summed E-state index contributed by atoms with van der Waals surface area (Å²) in [5, 5.41) is 10.1. The van der Waals surface area contributed by atoms with Gasteiger partial charge in [-0.25, -0.2) is 4.39 Å². The lowest BCUT2D eigenvalue weighted by Gasteiger charge is -2.13. The molecule has 0 bridgehead atoms. The number of methoxy groups -OCH3 is 1. The second kappa shape index (κ2) is 6.04. The van der Waals surface area contributed by atoms with Gasteiger partial charge in [-0.15, -0.1) is 0 Å². The molecule has 2 aromatic rings. The van der Waals surface area contributed by atoms with Crippen molar-refractivity contribution in [2.75, 3.05) is 7.11 Å². The van der Waals surface area contributed by atoms with Crippen LogP contribution in [-0.4, -0.2) is 12.2 Å². The third-order valence-corrected chi connectivity index (χ3v) is 3.30. The van der Waals surface area contributed by atoms with Gasteiger partial charge in [0.05, 0.1) is 18.2 Å². The molecule has 0 saturated carbocycles. The Morgan fingerprint density at radius 2 is 2.00 bits per heavy atom. The largest absolute Gasteiger partial charge is 0.497 e. The van der Waals surface area contributed by atoms with Gasteiger partial charge in [0, 0.05) is 12.0 Å². The van der Waals surface area contributed by atoms with E-state index in [1.807, 2.05) is 24.3 Å². The van der Waals surface area contributed by atoms with Gasteiger partial charge in [-0.05, 0) is 23.8 Å². The molecular weight excluding hydrogens is 267 g/mol. The number of aliphatic hydroxyl groups excluding tert-OH is 1. The van der Waals surface area contributed by atoms with Crippen molar-refractivity contribution in [3.8, 4) is 5.75 Å². The maximum atomic E-state index is 13.3. The van der Waals surface area contributed by atoms with Crippen molar-refractivity contribution in [1.82, 2.24) is 0 Å². The zero-order chi connectivity index (χ0) is 13.8. The van der Waals surface area contributed by atoms with E-state index in [2.05, 4.69) is 0 Å². The predicted octanol–water partition coefficient (Wildman–Crippen LogP) is 3.76. The summed E-state index contributed by atoms with van der Waals surface area (Å²) in [6, 6.07) is 11.8. The Morgan fingerprint density at radius 3 is 2.74 bits per heavy atom. The molecule has 0 aromatic heterocycles. The van der Waals surface area contributed by atoms with Gasteiger partial charge in [0.2, 0.25) is 0 Å². The third-order valence-electron chi connectivity index (χ3n) is 2.90. The molecule has 0 amide bonds. The standard InChI is InChI=1S/C15H14ClFO2/c1-19-11-5-2-4-10(8-11)9-14(18)12-6-3-7-13(17)15(12)16/h2-8,14,18H,9H2,1H3. The van der Waals surface area contributed by atoms with Crippen LogP contribution < -0.4 is 4.74 Å². The van der Waals surface area contributed by atoms with Crippen molar-refractivity contribution < 1.29 is 14.2 Å². The minimum absolute atomic E-state index is 0.0297. The molecule has 1 atom stereocenters. The normalized spacial score (nSPS) is 12.2. The molecule has 19 heavy (non-hydrogen) atoms. The van der Waals surface area contributed by atoms with Crippen molar-refractivity contribution in [3.63, 3.8) is 0 Å². The van der Waals surface area contributed by atoms with Crippen molar-refractivity contribution in [1.29, 1.82) is 0 Å². The summed E-state index contributed by atoms with van der Waals surface area (Å²) in [6.07, 6.45) is -0.504. The zero-order valence-electron chi connectivity index (χ0n) is 10.4. The van der Waals surface area contributed by atoms with Gasteiger partial charge in [0.1, 0.15) is 11.6 Å². The fourth-order valence-electron chi connectivity index (χ4n) is 1.91. The molecule has 0 radical (unpaired) electrons. The quantitative estimate of drug-likeness (QED) is 0.924. The van der Waals surface area contributed by atoms with Crippen LogP contribution >= 0.6 is 11.6 Å². The van der Waals surface area contributed by atoms with Gasteiger partial charge in [0.15, 0.2) is 0 Å². The SMILES string of the molecule is COc1cccc(CC(O)c2cccc(F)c2Cl)c1. The first-order valence-corrected chi connectivity index (χ1v) is 6.24. The summed E-state index contributed by atoms with van der Waals surface area (Å²) in [5.74, 6) is 0.193. The van der Waals surface area contributed by atoms with Crippen LogP contribution in [0.4, 0.5) is 4.39 Å². The highest BCUT2D eigenvalue weighted by molar-refractivity contribution is 6.31. The monoisotopic (exact) mass is 280 g/mol. The molecule has 0 aliphatic carbocycles. The Hall–Kier alpha value is -1.58. The van der Waals surface area contributed by atoms with Crippen LogP contribution in [0, 0.1) is 5.82 Å². The van der Waals surface area contributed by atoms with Gasteiger partial charge in [-0.1, -0.05) is 35.9 Å². The number of halogens is 2. The van der Waals surface area contributed by atoms with E-state index in [0.717, 1.165) is 11.3 Å². The number of hydrogen-bond donors (Lipinski definition) is 1. The second-order valence-corrected chi connectivity index (χ2v) is 4.59. The van der Waals surface area contributed by atoms with Crippen LogP contribution in [0.25, 0.3) is 0 Å². The van der Waals surface area contributed by atoms with Crippen LogP contribution in [0.2, 0.25) is 5.02 Å². The summed E-state index contributed by atoms with van der Waals surface area (Å²) < 4.78 is 18.5. The van der Waals surface area contributed by atoms with E-state index in [1.54, 1.807) is 13.2 Å². The Balaban J connectivity index is 2.20. The van der Waals surface area contributed by atoms with E-state index in [4.69, 9.17) is 16.3 Å². The van der Waals surface area contributed by atoms with Crippen molar-refractivity contribution in [2.45, 2.75) is 12.5 Å². The molecule has 0 aliphatic heterocycles. The Labute approximate surface area is 116 Å². The maximum Gasteiger partial charge on any atom is 0.142 e. The molecule has 1 N–H and O–H groups in total. The molecule has 1 unspecified atom stereocenters. The van der Waals surface area contributed by atoms with Crippen molar-refractivity contribution in [2.24, 2.45) is 0 Å². The number of ether oxygens (including phenoxy) is 1. The fourth-order valence-corrected chi connectivity index (χ4v) is 2.16. The number of hydrogen-bond acceptors (Lipinski definition) is 2. The zero-order valence-corrected chi connectivity index (χ0v) is 11.2. The lowest BCUT2D eigenvalue weighted by atomic mass is 10.0. The molecular formula is C15H14ClFO2. The Kier molecular flexibility index (Phi) is 4.40. The van der Waals surface area contributed by atoms with Gasteiger partial charge in [-0.3, -0.25) is 0 Å². The van der Waals surface area contributed by atoms with E-state index in [1.165, 1.54) is 12.1 Å². The van der Waals surface area contributed by atoms with Gasteiger partial charge in [0.25, 0.3) is 0 Å². The molecule has 0 fully saturated rings. The van der Waals surface area contributed by atoms with E-state index >= 15 is 0 Å². The molecule has 0 aliphatic rings. The van der Waals surface area contributed by atoms with Gasteiger partial charge in [-0.2, -0.15) is 0 Å². The summed E-state index contributed by atoms with van der Waals surface area (Å²) in [7, 11) is 1.58. The smallest absolute Gasteiger partial charge is 0.142 e. The summed E-state index contributed by atoms with van der Waals surface area (Å²) in [6.45, 7) is 0. The highest BCUT2D eigenvalue weighted by Gasteiger charge is 2.15. The number of rotatable bonds is 4. The van der Waals surface area contributed by atoms with E-state index in [0.29, 0.717) is 12.0 Å². The fraction of sp³-hybridized carbons (Fsp3) is 0.200. The summed E-state index contributed by atoms with van der Waals surface area (Å²) >= 11 is 5.85. The third kappa shape index (κ3) is 3.25. The summed E-state index contributed by atoms with van der Waals surface area (Å²) in [4.78, 5) is 0. The summed E-state index contributed by atoms with van der Waals surface area (Å²) in [5.41, 5.74) is 1.29. The van der Waals surface area contributed by atoms with Crippen LogP contribution in [0.5, 0.6) is 5.75 Å². The number of aliphatic hydroxyl groups is 1. The topological polar surface area (TPSA) is 29.5 Å². The van der Waals surface area contributed by atoms with Crippen LogP contribution in [0.1, 0.15) is 17.2 Å². The van der Waals surface area contributed by atoms with E-state index < -0.39 is 11.9 Å². The molecule has 4 heteroatoms. The second-order valence-electron chi connectivity index (χ2n) is 4.21. The van der Waals surface area contributed by atoms with Crippen LogP contribution in [-0.2, 0) is 6.42 Å². The molecule has 0 saturated heterocycles. The molecule has 2 nitrogen and oxygen atoms in total. The Morgan fingerprint density at radius 1 is 1.26 bits per heavy atom. The van der Waals surface area contributed by atoms with E-state index in [9.17, 15) is 9.50 Å². The first-order chi connectivity index (χ1) is 9.11. The molecule has 2 aromatic carbocycles. The van der Waals surface area contributed by atoms with Gasteiger partial charge < -0.3 is 9.84 Å². The van der Waals surface area contributed by atoms with E-state index in [-0.39, 0.29) is 5.02 Å². The first kappa shape index (κ1) is 13.8. The van der Waals surface area contributed by atoms with Crippen molar-refractivity contribution >= 4 is 11.6 Å². The first-order valence-electron chi connectivity index (χ1n) is 5.86. The number of benzene rings is 2. The maximum absolute atomic E-state index is 13.3. The highest BCUT2D eigenvalue weighted by Crippen LogP contribution is 2.28.